The van der Waals surface area contributed by atoms with Crippen LogP contribution in [0.5, 0.6) is 0 Å². The van der Waals surface area contributed by atoms with Gasteiger partial charge in [0.05, 0.1) is 0 Å². The smallest absolute Gasteiger partial charge is 0.0345 e. The molecule has 2 atom stereocenters. The molecule has 0 N–H and O–H groups in total. The SMILES string of the molecule is CC(Br)C(C)c1cc2ccccc2s1. The molecule has 0 amide bonds. The molecule has 0 spiro atoms. The molecule has 1 heterocycles. The van der Waals surface area contributed by atoms with Gasteiger partial charge in [-0.3, -0.25) is 0 Å². The summed E-state index contributed by atoms with van der Waals surface area (Å²) in [4.78, 5) is 2.01. The first-order valence-corrected chi connectivity index (χ1v) is 6.54. The van der Waals surface area contributed by atoms with E-state index >= 15 is 0 Å². The minimum Gasteiger partial charge on any atom is -0.140 e. The van der Waals surface area contributed by atoms with Crippen LogP contribution in [0.25, 0.3) is 10.1 Å². The third-order valence-corrected chi connectivity index (χ3v) is 4.69. The molecule has 2 rings (SSSR count). The molecule has 74 valence electrons. The first-order valence-electron chi connectivity index (χ1n) is 4.81. The van der Waals surface area contributed by atoms with E-state index in [9.17, 15) is 0 Å². The van der Waals surface area contributed by atoms with Gasteiger partial charge < -0.3 is 0 Å². The van der Waals surface area contributed by atoms with E-state index in [1.54, 1.807) is 0 Å². The summed E-state index contributed by atoms with van der Waals surface area (Å²) in [5, 5.41) is 1.37. The zero-order valence-electron chi connectivity index (χ0n) is 8.33. The fraction of sp³-hybridized carbons (Fsp3) is 0.333. The van der Waals surface area contributed by atoms with Crippen LogP contribution in [0.4, 0.5) is 0 Å². The van der Waals surface area contributed by atoms with Crippen LogP contribution in [0.1, 0.15) is 24.6 Å². The summed E-state index contributed by atoms with van der Waals surface area (Å²) in [5.41, 5.74) is 0. The van der Waals surface area contributed by atoms with E-state index < -0.39 is 0 Å². The minimum absolute atomic E-state index is 0.538. The van der Waals surface area contributed by atoms with Crippen LogP contribution in [-0.4, -0.2) is 4.83 Å². The molecule has 2 unspecified atom stereocenters. The number of hydrogen-bond acceptors (Lipinski definition) is 1. The van der Waals surface area contributed by atoms with Gasteiger partial charge in [0, 0.05) is 20.3 Å². The summed E-state index contributed by atoms with van der Waals surface area (Å²) in [6.45, 7) is 4.47. The quantitative estimate of drug-likeness (QED) is 0.688. The van der Waals surface area contributed by atoms with Gasteiger partial charge in [0.2, 0.25) is 0 Å². The molecular weight excluding hydrogens is 256 g/mol. The van der Waals surface area contributed by atoms with Crippen LogP contribution < -0.4 is 0 Å². The summed E-state index contributed by atoms with van der Waals surface area (Å²) in [7, 11) is 0. The maximum absolute atomic E-state index is 3.64. The predicted octanol–water partition coefficient (Wildman–Crippen LogP) is 4.79. The lowest BCUT2D eigenvalue weighted by Gasteiger charge is -2.10. The Morgan fingerprint density at radius 1 is 1.21 bits per heavy atom. The van der Waals surface area contributed by atoms with Crippen molar-refractivity contribution in [1.82, 2.24) is 0 Å². The molecule has 0 bridgehead atoms. The highest BCUT2D eigenvalue weighted by molar-refractivity contribution is 9.09. The number of benzene rings is 1. The van der Waals surface area contributed by atoms with Crippen LogP contribution in [0.2, 0.25) is 0 Å². The van der Waals surface area contributed by atoms with Crippen molar-refractivity contribution in [2.75, 3.05) is 0 Å². The average Bonchev–Trinajstić information content (AvgIpc) is 2.59. The van der Waals surface area contributed by atoms with E-state index in [1.165, 1.54) is 15.0 Å². The van der Waals surface area contributed by atoms with Gasteiger partial charge >= 0.3 is 0 Å². The number of alkyl halides is 1. The van der Waals surface area contributed by atoms with Crippen molar-refractivity contribution in [3.63, 3.8) is 0 Å². The van der Waals surface area contributed by atoms with Gasteiger partial charge in [-0.05, 0) is 17.5 Å². The fourth-order valence-corrected chi connectivity index (χ4v) is 3.13. The van der Waals surface area contributed by atoms with Gasteiger partial charge in [0.15, 0.2) is 0 Å². The van der Waals surface area contributed by atoms with E-state index in [0.29, 0.717) is 10.7 Å². The molecular formula is C12H13BrS. The monoisotopic (exact) mass is 268 g/mol. The van der Waals surface area contributed by atoms with E-state index in [0.717, 1.165) is 0 Å². The molecule has 1 aromatic carbocycles. The molecule has 0 aliphatic heterocycles. The Morgan fingerprint density at radius 3 is 2.57 bits per heavy atom. The first kappa shape index (κ1) is 10.2. The third-order valence-electron chi connectivity index (χ3n) is 2.58. The molecule has 0 nitrogen and oxygen atoms in total. The highest BCUT2D eigenvalue weighted by Gasteiger charge is 2.13. The Balaban J connectivity index is 2.45. The summed E-state index contributed by atoms with van der Waals surface area (Å²) in [5.74, 6) is 0.590. The van der Waals surface area contributed by atoms with E-state index in [-0.39, 0.29) is 0 Å². The minimum atomic E-state index is 0.538. The lowest BCUT2D eigenvalue weighted by Crippen LogP contribution is -2.01. The second-order valence-electron chi connectivity index (χ2n) is 3.65. The topological polar surface area (TPSA) is 0 Å². The van der Waals surface area contributed by atoms with Gasteiger partial charge in [-0.2, -0.15) is 0 Å². The van der Waals surface area contributed by atoms with Crippen molar-refractivity contribution in [2.45, 2.75) is 24.6 Å². The zero-order valence-corrected chi connectivity index (χ0v) is 10.7. The Hall–Kier alpha value is -0.340. The molecule has 2 aromatic rings. The second-order valence-corrected chi connectivity index (χ2v) is 6.21. The highest BCUT2D eigenvalue weighted by Crippen LogP contribution is 2.34. The highest BCUT2D eigenvalue weighted by atomic mass is 79.9. The lowest BCUT2D eigenvalue weighted by atomic mass is 10.1. The molecule has 0 saturated carbocycles. The molecule has 0 aliphatic rings. The third kappa shape index (κ3) is 1.86. The maximum Gasteiger partial charge on any atom is 0.0345 e. The predicted molar refractivity (Wildman–Crippen MR) is 68.6 cm³/mol. The second kappa shape index (κ2) is 4.03. The molecule has 0 fully saturated rings. The van der Waals surface area contributed by atoms with Crippen LogP contribution >= 0.6 is 27.3 Å². The van der Waals surface area contributed by atoms with E-state index in [4.69, 9.17) is 0 Å². The summed E-state index contributed by atoms with van der Waals surface area (Å²) >= 11 is 5.54. The first-order chi connectivity index (χ1) is 6.68. The average molecular weight is 269 g/mol. The van der Waals surface area contributed by atoms with Crippen molar-refractivity contribution in [1.29, 1.82) is 0 Å². The van der Waals surface area contributed by atoms with Crippen LogP contribution in [0.3, 0.4) is 0 Å². The summed E-state index contributed by atoms with van der Waals surface area (Å²) in [6, 6.07) is 10.9. The maximum atomic E-state index is 3.64. The van der Waals surface area contributed by atoms with Gasteiger partial charge in [-0.25, -0.2) is 0 Å². The van der Waals surface area contributed by atoms with Crippen LogP contribution in [0, 0.1) is 0 Å². The van der Waals surface area contributed by atoms with Crippen LogP contribution in [0.15, 0.2) is 30.3 Å². The van der Waals surface area contributed by atoms with Gasteiger partial charge in [0.1, 0.15) is 0 Å². The number of halogens is 1. The van der Waals surface area contributed by atoms with Gasteiger partial charge in [0.25, 0.3) is 0 Å². The van der Waals surface area contributed by atoms with Crippen molar-refractivity contribution < 1.29 is 0 Å². The number of thiophene rings is 1. The Kier molecular flexibility index (Phi) is 2.93. The molecule has 0 aliphatic carbocycles. The molecule has 1 aromatic heterocycles. The van der Waals surface area contributed by atoms with Crippen molar-refractivity contribution in [3.05, 3.63) is 35.2 Å². The lowest BCUT2D eigenvalue weighted by molar-refractivity contribution is 0.778. The summed E-state index contributed by atoms with van der Waals surface area (Å²) < 4.78 is 1.39. The van der Waals surface area contributed by atoms with E-state index in [1.807, 2.05) is 11.3 Å². The Morgan fingerprint density at radius 2 is 1.93 bits per heavy atom. The Bertz CT molecular complexity index is 398. The van der Waals surface area contributed by atoms with Gasteiger partial charge in [-0.15, -0.1) is 11.3 Å². The van der Waals surface area contributed by atoms with Crippen molar-refractivity contribution in [2.24, 2.45) is 0 Å². The fourth-order valence-electron chi connectivity index (χ4n) is 1.45. The Labute approximate surface area is 97.1 Å². The number of hydrogen-bond donors (Lipinski definition) is 0. The largest absolute Gasteiger partial charge is 0.140 e. The zero-order chi connectivity index (χ0) is 10.1. The van der Waals surface area contributed by atoms with Crippen molar-refractivity contribution >= 4 is 37.4 Å². The standard InChI is InChI=1S/C12H13BrS/c1-8(9(2)13)12-7-10-5-3-4-6-11(10)14-12/h3-9H,1-2H3. The number of fused-ring (bicyclic) bond motifs is 1. The molecule has 2 heteroatoms. The molecule has 0 saturated heterocycles. The number of rotatable bonds is 2. The molecule has 0 radical (unpaired) electrons. The summed E-state index contributed by atoms with van der Waals surface area (Å²) in [6.07, 6.45) is 0. The normalized spacial score (nSPS) is 15.6. The van der Waals surface area contributed by atoms with Crippen LogP contribution in [-0.2, 0) is 0 Å². The van der Waals surface area contributed by atoms with Gasteiger partial charge in [-0.1, -0.05) is 48.0 Å². The molecule has 14 heavy (non-hydrogen) atoms. The van der Waals surface area contributed by atoms with Crippen molar-refractivity contribution in [3.8, 4) is 0 Å². The van der Waals surface area contributed by atoms with E-state index in [2.05, 4.69) is 60.1 Å².